The molecule has 1 atom stereocenters. The molecule has 1 aromatic rings. The van der Waals surface area contributed by atoms with Gasteiger partial charge in [0.1, 0.15) is 0 Å². The van der Waals surface area contributed by atoms with E-state index in [0.29, 0.717) is 0 Å². The normalized spacial score (nSPS) is 23.1. The first-order valence-corrected chi connectivity index (χ1v) is 7.15. The molecule has 1 aliphatic carbocycles. The van der Waals surface area contributed by atoms with Crippen LogP contribution in [0, 0.1) is 19.8 Å². The maximum Gasteiger partial charge on any atom is 0.256 e. The highest BCUT2D eigenvalue weighted by Crippen LogP contribution is 2.32. The van der Waals surface area contributed by atoms with Gasteiger partial charge in [0.2, 0.25) is 0 Å². The molecule has 0 unspecified atom stereocenters. The van der Waals surface area contributed by atoms with Crippen molar-refractivity contribution >= 4 is 17.3 Å². The summed E-state index contributed by atoms with van der Waals surface area (Å²) in [4.78, 5) is 12.5. The Kier molecular flexibility index (Phi) is 3.13. The van der Waals surface area contributed by atoms with E-state index in [1.54, 1.807) is 5.01 Å². The van der Waals surface area contributed by atoms with Gasteiger partial charge in [0.25, 0.3) is 5.91 Å². The van der Waals surface area contributed by atoms with Gasteiger partial charge in [-0.1, -0.05) is 30.5 Å². The van der Waals surface area contributed by atoms with E-state index in [0.717, 1.165) is 36.2 Å². The van der Waals surface area contributed by atoms with Gasteiger partial charge in [-0.25, -0.2) is 0 Å². The highest BCUT2D eigenvalue weighted by molar-refractivity contribution is 6.15. The summed E-state index contributed by atoms with van der Waals surface area (Å²) in [7, 11) is 0. The van der Waals surface area contributed by atoms with Crippen molar-refractivity contribution in [1.29, 1.82) is 0 Å². The van der Waals surface area contributed by atoms with E-state index in [-0.39, 0.29) is 11.8 Å². The van der Waals surface area contributed by atoms with E-state index in [9.17, 15) is 4.79 Å². The Hall–Kier alpha value is -1.64. The highest BCUT2D eigenvalue weighted by atomic mass is 16.2. The molecule has 1 amide bonds. The van der Waals surface area contributed by atoms with E-state index in [4.69, 9.17) is 0 Å². The predicted octanol–water partition coefficient (Wildman–Crippen LogP) is 3.59. The van der Waals surface area contributed by atoms with Crippen LogP contribution in [0.5, 0.6) is 0 Å². The molecule has 0 saturated heterocycles. The van der Waals surface area contributed by atoms with Gasteiger partial charge >= 0.3 is 0 Å². The van der Waals surface area contributed by atoms with Gasteiger partial charge in [0.15, 0.2) is 0 Å². The fraction of sp³-hybridized carbons (Fsp3) is 0.500. The van der Waals surface area contributed by atoms with Crippen LogP contribution in [0.4, 0.5) is 5.69 Å². The smallest absolute Gasteiger partial charge is 0.256 e. The predicted molar refractivity (Wildman–Crippen MR) is 77.4 cm³/mol. The molecule has 0 N–H and O–H groups in total. The number of anilines is 1. The first-order chi connectivity index (χ1) is 9.16. The summed E-state index contributed by atoms with van der Waals surface area (Å²) in [6.45, 7) is 4.11. The minimum absolute atomic E-state index is 0.0446. The van der Waals surface area contributed by atoms with Crippen molar-refractivity contribution < 1.29 is 4.79 Å². The second-order valence-corrected chi connectivity index (χ2v) is 5.68. The lowest BCUT2D eigenvalue weighted by Gasteiger charge is -2.16. The maximum absolute atomic E-state index is 12.5. The quantitative estimate of drug-likeness (QED) is 0.755. The van der Waals surface area contributed by atoms with E-state index in [2.05, 4.69) is 18.1 Å². The van der Waals surface area contributed by atoms with E-state index in [1.165, 1.54) is 18.4 Å². The fourth-order valence-corrected chi connectivity index (χ4v) is 3.10. The van der Waals surface area contributed by atoms with E-state index in [1.807, 2.05) is 19.1 Å². The van der Waals surface area contributed by atoms with Gasteiger partial charge in [0.05, 0.1) is 17.3 Å². The zero-order valence-electron chi connectivity index (χ0n) is 11.6. The van der Waals surface area contributed by atoms with Gasteiger partial charge < -0.3 is 0 Å². The Morgan fingerprint density at radius 3 is 2.84 bits per heavy atom. The molecular formula is C16H20N2O. The van der Waals surface area contributed by atoms with Crippen molar-refractivity contribution in [3.63, 3.8) is 0 Å². The molecule has 1 heterocycles. The van der Waals surface area contributed by atoms with Crippen molar-refractivity contribution in [1.82, 2.24) is 0 Å². The topological polar surface area (TPSA) is 32.7 Å². The third-order valence-corrected chi connectivity index (χ3v) is 4.14. The van der Waals surface area contributed by atoms with Crippen LogP contribution >= 0.6 is 0 Å². The van der Waals surface area contributed by atoms with Crippen molar-refractivity contribution in [2.75, 3.05) is 5.01 Å². The standard InChI is InChI=1S/C16H20N2O/c1-11-8-9-15(12(2)10-11)18-16(19)13-6-4-3-5-7-14(13)17-18/h8-10,13H,3-7H2,1-2H3/t13-/m0/s1. The number of fused-ring (bicyclic) bond motifs is 1. The van der Waals surface area contributed by atoms with Crippen molar-refractivity contribution in [2.45, 2.75) is 46.0 Å². The molecule has 0 aromatic heterocycles. The van der Waals surface area contributed by atoms with Crippen LogP contribution in [0.1, 0.15) is 43.2 Å². The van der Waals surface area contributed by atoms with E-state index >= 15 is 0 Å². The van der Waals surface area contributed by atoms with Crippen LogP contribution < -0.4 is 5.01 Å². The van der Waals surface area contributed by atoms with Crippen LogP contribution in [-0.4, -0.2) is 11.6 Å². The molecule has 0 spiro atoms. The SMILES string of the molecule is Cc1ccc(N2N=C3CCCCC[C@@H]3C2=O)c(C)c1. The lowest BCUT2D eigenvalue weighted by Crippen LogP contribution is -2.27. The summed E-state index contributed by atoms with van der Waals surface area (Å²) in [5, 5.41) is 6.25. The average molecular weight is 256 g/mol. The molecule has 0 bridgehead atoms. The van der Waals surface area contributed by atoms with Crippen molar-refractivity contribution in [3.05, 3.63) is 29.3 Å². The zero-order valence-corrected chi connectivity index (χ0v) is 11.6. The molecule has 19 heavy (non-hydrogen) atoms. The van der Waals surface area contributed by atoms with Gasteiger partial charge in [-0.05, 0) is 44.7 Å². The summed E-state index contributed by atoms with van der Waals surface area (Å²) < 4.78 is 0. The molecule has 0 radical (unpaired) electrons. The molecule has 3 heteroatoms. The molecule has 3 rings (SSSR count). The summed E-state index contributed by atoms with van der Waals surface area (Å²) in [5.41, 5.74) is 4.38. The number of amides is 1. The Morgan fingerprint density at radius 1 is 1.21 bits per heavy atom. The number of rotatable bonds is 1. The number of benzene rings is 1. The summed E-state index contributed by atoms with van der Waals surface area (Å²) >= 11 is 0. The van der Waals surface area contributed by atoms with Gasteiger partial charge in [-0.3, -0.25) is 4.79 Å². The van der Waals surface area contributed by atoms with Gasteiger partial charge in [-0.2, -0.15) is 10.1 Å². The third kappa shape index (κ3) is 2.18. The maximum atomic E-state index is 12.5. The molecule has 2 aliphatic rings. The monoisotopic (exact) mass is 256 g/mol. The minimum Gasteiger partial charge on any atom is -0.272 e. The lowest BCUT2D eigenvalue weighted by atomic mass is 9.98. The van der Waals surface area contributed by atoms with Crippen LogP contribution in [0.25, 0.3) is 0 Å². The van der Waals surface area contributed by atoms with Crippen LogP contribution in [0.15, 0.2) is 23.3 Å². The Morgan fingerprint density at radius 2 is 2.05 bits per heavy atom. The zero-order chi connectivity index (χ0) is 13.4. The first-order valence-electron chi connectivity index (χ1n) is 7.15. The second-order valence-electron chi connectivity index (χ2n) is 5.68. The van der Waals surface area contributed by atoms with Gasteiger partial charge in [0, 0.05) is 0 Å². The summed E-state index contributed by atoms with van der Waals surface area (Å²) in [6.07, 6.45) is 5.50. The Bertz CT molecular complexity index is 548. The Labute approximate surface area is 114 Å². The molecule has 1 aliphatic heterocycles. The summed E-state index contributed by atoms with van der Waals surface area (Å²) in [5.74, 6) is 0.215. The van der Waals surface area contributed by atoms with Crippen molar-refractivity contribution in [3.8, 4) is 0 Å². The van der Waals surface area contributed by atoms with E-state index < -0.39 is 0 Å². The molecule has 1 aromatic carbocycles. The molecular weight excluding hydrogens is 236 g/mol. The summed E-state index contributed by atoms with van der Waals surface area (Å²) in [6, 6.07) is 6.17. The number of carbonyl (C=O) groups is 1. The largest absolute Gasteiger partial charge is 0.272 e. The molecule has 1 fully saturated rings. The third-order valence-electron chi connectivity index (χ3n) is 4.14. The number of hydrogen-bond donors (Lipinski definition) is 0. The van der Waals surface area contributed by atoms with Crippen LogP contribution in [0.3, 0.4) is 0 Å². The molecule has 3 nitrogen and oxygen atoms in total. The molecule has 100 valence electrons. The van der Waals surface area contributed by atoms with Crippen molar-refractivity contribution in [2.24, 2.45) is 11.0 Å². The Balaban J connectivity index is 1.95. The fourth-order valence-electron chi connectivity index (χ4n) is 3.10. The average Bonchev–Trinajstić information content (AvgIpc) is 2.57. The van der Waals surface area contributed by atoms with Crippen LogP contribution in [-0.2, 0) is 4.79 Å². The minimum atomic E-state index is 0.0446. The second kappa shape index (κ2) is 4.80. The highest BCUT2D eigenvalue weighted by Gasteiger charge is 2.37. The van der Waals surface area contributed by atoms with Crippen LogP contribution in [0.2, 0.25) is 0 Å². The number of aryl methyl sites for hydroxylation is 2. The number of carbonyl (C=O) groups excluding carboxylic acids is 1. The number of hydrogen-bond acceptors (Lipinski definition) is 2. The number of nitrogens with zero attached hydrogens (tertiary/aromatic N) is 2. The first kappa shape index (κ1) is 12.4. The molecule has 1 saturated carbocycles. The lowest BCUT2D eigenvalue weighted by molar-refractivity contribution is -0.119. The van der Waals surface area contributed by atoms with Gasteiger partial charge in [-0.15, -0.1) is 0 Å². The number of hydrazone groups is 1.